The van der Waals surface area contributed by atoms with Gasteiger partial charge < -0.3 is 14.5 Å². The number of fused-ring (bicyclic) bond motifs is 1. The van der Waals surface area contributed by atoms with E-state index >= 15 is 0 Å². The standard InChI is InChI=1S/C29H28ClN3O4/c30-24-13-11-22(12-14-24)18-31-19-26-32(29(36)37-20-23-9-5-2-6-10-23)16-15-27(34)33(26)25(28(31)35)17-21-7-3-1-4-8-21/h1-14,25-26H,15-20H2/t25-,26+/m0/s1. The van der Waals surface area contributed by atoms with Crippen molar-refractivity contribution in [2.24, 2.45) is 0 Å². The van der Waals surface area contributed by atoms with Crippen LogP contribution in [0.3, 0.4) is 0 Å². The molecule has 0 spiro atoms. The van der Waals surface area contributed by atoms with Crippen LogP contribution in [-0.4, -0.2) is 57.9 Å². The van der Waals surface area contributed by atoms with Crippen LogP contribution in [-0.2, 0) is 33.9 Å². The van der Waals surface area contributed by atoms with Gasteiger partial charge in [0, 0.05) is 31.0 Å². The fourth-order valence-corrected chi connectivity index (χ4v) is 5.11. The molecule has 0 radical (unpaired) electrons. The molecular formula is C29H28ClN3O4. The van der Waals surface area contributed by atoms with Gasteiger partial charge in [-0.3, -0.25) is 14.5 Å². The van der Waals surface area contributed by atoms with Crippen molar-refractivity contribution in [3.63, 3.8) is 0 Å². The van der Waals surface area contributed by atoms with Crippen molar-refractivity contribution in [3.8, 4) is 0 Å². The topological polar surface area (TPSA) is 70.2 Å². The molecule has 3 aromatic carbocycles. The molecule has 3 aromatic rings. The van der Waals surface area contributed by atoms with Crippen LogP contribution >= 0.6 is 11.6 Å². The van der Waals surface area contributed by atoms with Crippen molar-refractivity contribution in [2.75, 3.05) is 13.1 Å². The summed E-state index contributed by atoms with van der Waals surface area (Å²) >= 11 is 6.05. The molecule has 7 nitrogen and oxygen atoms in total. The van der Waals surface area contributed by atoms with E-state index in [2.05, 4.69) is 0 Å². The van der Waals surface area contributed by atoms with Crippen molar-refractivity contribution >= 4 is 29.5 Å². The van der Waals surface area contributed by atoms with E-state index in [1.54, 1.807) is 26.8 Å². The van der Waals surface area contributed by atoms with Gasteiger partial charge in [0.25, 0.3) is 0 Å². The van der Waals surface area contributed by atoms with Gasteiger partial charge in [-0.05, 0) is 28.8 Å². The molecular weight excluding hydrogens is 490 g/mol. The molecule has 2 atom stereocenters. The largest absolute Gasteiger partial charge is 0.444 e. The zero-order valence-corrected chi connectivity index (χ0v) is 21.1. The van der Waals surface area contributed by atoms with Gasteiger partial charge >= 0.3 is 6.09 Å². The van der Waals surface area contributed by atoms with Crippen LogP contribution in [0.15, 0.2) is 84.9 Å². The summed E-state index contributed by atoms with van der Waals surface area (Å²) in [5.41, 5.74) is 2.75. The first-order valence-corrected chi connectivity index (χ1v) is 12.7. The number of nitrogens with zero attached hydrogens (tertiary/aromatic N) is 3. The third-order valence-electron chi connectivity index (χ3n) is 6.85. The molecule has 0 bridgehead atoms. The van der Waals surface area contributed by atoms with Gasteiger partial charge in [-0.1, -0.05) is 84.4 Å². The van der Waals surface area contributed by atoms with E-state index in [9.17, 15) is 14.4 Å². The number of carbonyl (C=O) groups excluding carboxylic acids is 3. The molecule has 5 rings (SSSR count). The highest BCUT2D eigenvalue weighted by Crippen LogP contribution is 2.29. The first-order chi connectivity index (χ1) is 18.0. The molecule has 3 amide bonds. The van der Waals surface area contributed by atoms with Crippen LogP contribution in [0.4, 0.5) is 4.79 Å². The minimum absolute atomic E-state index is 0.127. The normalized spacial score (nSPS) is 19.5. The fourth-order valence-electron chi connectivity index (χ4n) is 4.99. The van der Waals surface area contributed by atoms with E-state index < -0.39 is 18.3 Å². The van der Waals surface area contributed by atoms with Gasteiger partial charge in [0.2, 0.25) is 11.8 Å². The van der Waals surface area contributed by atoms with Crippen molar-refractivity contribution in [3.05, 3.63) is 107 Å². The Morgan fingerprint density at radius 1 is 0.865 bits per heavy atom. The Morgan fingerprint density at radius 3 is 2.19 bits per heavy atom. The zero-order valence-electron chi connectivity index (χ0n) is 20.3. The van der Waals surface area contributed by atoms with Crippen molar-refractivity contribution in [2.45, 2.75) is 38.2 Å². The van der Waals surface area contributed by atoms with Gasteiger partial charge in [-0.15, -0.1) is 0 Å². The Kier molecular flexibility index (Phi) is 7.42. The second kappa shape index (κ2) is 11.0. The van der Waals surface area contributed by atoms with Crippen molar-refractivity contribution < 1.29 is 19.1 Å². The minimum Gasteiger partial charge on any atom is -0.444 e. The van der Waals surface area contributed by atoms with E-state index in [1.807, 2.05) is 72.8 Å². The number of benzene rings is 3. The lowest BCUT2D eigenvalue weighted by Gasteiger charge is -2.51. The summed E-state index contributed by atoms with van der Waals surface area (Å²) in [7, 11) is 0. The molecule has 190 valence electrons. The highest BCUT2D eigenvalue weighted by atomic mass is 35.5. The summed E-state index contributed by atoms with van der Waals surface area (Å²) in [4.78, 5) is 45.1. The number of hydrogen-bond donors (Lipinski definition) is 0. The highest BCUT2D eigenvalue weighted by molar-refractivity contribution is 6.30. The Labute approximate surface area is 221 Å². The molecule has 2 aliphatic rings. The lowest BCUT2D eigenvalue weighted by Crippen LogP contribution is -2.71. The van der Waals surface area contributed by atoms with Crippen LogP contribution in [0, 0.1) is 0 Å². The number of carbonyl (C=O) groups is 3. The van der Waals surface area contributed by atoms with Crippen molar-refractivity contribution in [1.29, 1.82) is 0 Å². The molecule has 37 heavy (non-hydrogen) atoms. The average molecular weight is 518 g/mol. The van der Waals surface area contributed by atoms with Gasteiger partial charge in [-0.2, -0.15) is 0 Å². The first kappa shape index (κ1) is 24.8. The van der Waals surface area contributed by atoms with E-state index in [1.165, 1.54) is 0 Å². The van der Waals surface area contributed by atoms with Crippen LogP contribution in [0.25, 0.3) is 0 Å². The number of piperazine rings is 1. The van der Waals surface area contributed by atoms with E-state index in [0.29, 0.717) is 18.0 Å². The molecule has 0 aromatic heterocycles. The summed E-state index contributed by atoms with van der Waals surface area (Å²) in [6.07, 6.45) is -0.590. The zero-order chi connectivity index (χ0) is 25.8. The Bertz CT molecular complexity index is 1250. The Balaban J connectivity index is 1.42. The summed E-state index contributed by atoms with van der Waals surface area (Å²) in [5.74, 6) is -0.263. The maximum absolute atomic E-state index is 13.8. The highest BCUT2D eigenvalue weighted by Gasteiger charge is 2.49. The molecule has 2 saturated heterocycles. The summed E-state index contributed by atoms with van der Waals surface area (Å²) < 4.78 is 5.63. The molecule has 0 aliphatic carbocycles. The Morgan fingerprint density at radius 2 is 1.51 bits per heavy atom. The smallest absolute Gasteiger partial charge is 0.411 e. The molecule has 2 fully saturated rings. The maximum Gasteiger partial charge on any atom is 0.411 e. The third kappa shape index (κ3) is 5.62. The minimum atomic E-state index is -0.717. The van der Waals surface area contributed by atoms with Gasteiger partial charge in [0.15, 0.2) is 0 Å². The number of rotatable bonds is 6. The molecule has 2 heterocycles. The third-order valence-corrected chi connectivity index (χ3v) is 7.10. The molecule has 8 heteroatoms. The first-order valence-electron chi connectivity index (χ1n) is 12.4. The van der Waals surface area contributed by atoms with Gasteiger partial charge in [0.1, 0.15) is 18.8 Å². The summed E-state index contributed by atoms with van der Waals surface area (Å²) in [5, 5.41) is 0.618. The average Bonchev–Trinajstić information content (AvgIpc) is 2.92. The van der Waals surface area contributed by atoms with Gasteiger partial charge in [0.05, 0.1) is 6.54 Å². The van der Waals surface area contributed by atoms with Crippen LogP contribution < -0.4 is 0 Å². The van der Waals surface area contributed by atoms with Crippen LogP contribution in [0.1, 0.15) is 23.1 Å². The molecule has 0 saturated carbocycles. The molecule has 0 N–H and O–H groups in total. The lowest BCUT2D eigenvalue weighted by molar-refractivity contribution is -0.168. The lowest BCUT2D eigenvalue weighted by atomic mass is 9.97. The maximum atomic E-state index is 13.8. The van der Waals surface area contributed by atoms with Crippen LogP contribution in [0.2, 0.25) is 5.02 Å². The van der Waals surface area contributed by atoms with E-state index in [0.717, 1.165) is 16.7 Å². The predicted molar refractivity (Wildman–Crippen MR) is 139 cm³/mol. The van der Waals surface area contributed by atoms with Crippen LogP contribution in [0.5, 0.6) is 0 Å². The fraction of sp³-hybridized carbons (Fsp3) is 0.276. The molecule has 0 unspecified atom stereocenters. The van der Waals surface area contributed by atoms with E-state index in [4.69, 9.17) is 16.3 Å². The SMILES string of the molecule is O=C1[C@H](Cc2ccccc2)N2C(=O)CCN(C(=O)OCc3ccccc3)[C@H]2CN1Cc1ccc(Cl)cc1. The number of hydrogen-bond acceptors (Lipinski definition) is 4. The van der Waals surface area contributed by atoms with Gasteiger partial charge in [-0.25, -0.2) is 4.79 Å². The summed E-state index contributed by atoms with van der Waals surface area (Å²) in [6.45, 7) is 0.942. The number of amides is 3. The second-order valence-corrected chi connectivity index (χ2v) is 9.75. The summed E-state index contributed by atoms with van der Waals surface area (Å²) in [6, 6.07) is 25.7. The predicted octanol–water partition coefficient (Wildman–Crippen LogP) is 4.49. The van der Waals surface area contributed by atoms with Crippen molar-refractivity contribution in [1.82, 2.24) is 14.7 Å². The Hall–Kier alpha value is -3.84. The quantitative estimate of drug-likeness (QED) is 0.483. The number of ether oxygens (including phenoxy) is 1. The monoisotopic (exact) mass is 517 g/mol. The second-order valence-electron chi connectivity index (χ2n) is 9.32. The molecule has 2 aliphatic heterocycles. The number of halogens is 1. The van der Waals surface area contributed by atoms with E-state index in [-0.39, 0.29) is 37.9 Å².